The summed E-state index contributed by atoms with van der Waals surface area (Å²) in [6.07, 6.45) is 1.77. The standard InChI is InChI=1S/C23H24Cl2F2N2O3.ClH/c1-2-31-23(30)15-4-3-9-29(14-15)10-11-32-28-22(18-7-5-16(26)12-20(18)24)19-8-6-17(27)13-21(19)25;/h5-8,12-13,15H,2-4,9-11,14H2,1H3;1H/t15-;/m1./s1. The van der Waals surface area contributed by atoms with Gasteiger partial charge in [0.05, 0.1) is 29.7 Å². The molecule has 1 N–H and O–H groups in total. The summed E-state index contributed by atoms with van der Waals surface area (Å²) in [6.45, 7) is 4.72. The van der Waals surface area contributed by atoms with Crippen LogP contribution in [0.1, 0.15) is 30.9 Å². The van der Waals surface area contributed by atoms with E-state index in [4.69, 9.17) is 32.8 Å². The summed E-state index contributed by atoms with van der Waals surface area (Å²) in [7, 11) is 0. The molecule has 180 valence electrons. The Morgan fingerprint density at radius 2 is 1.73 bits per heavy atom. The summed E-state index contributed by atoms with van der Waals surface area (Å²) in [6, 6.07) is 7.77. The van der Waals surface area contributed by atoms with Gasteiger partial charge in [-0.25, -0.2) is 8.78 Å². The van der Waals surface area contributed by atoms with Crippen molar-refractivity contribution in [2.24, 2.45) is 11.1 Å². The van der Waals surface area contributed by atoms with Gasteiger partial charge in [-0.1, -0.05) is 28.4 Å². The van der Waals surface area contributed by atoms with Crippen LogP contribution in [-0.2, 0) is 14.4 Å². The van der Waals surface area contributed by atoms with E-state index in [2.05, 4.69) is 5.16 Å². The number of ether oxygens (including phenoxy) is 1. The van der Waals surface area contributed by atoms with Gasteiger partial charge in [0.15, 0.2) is 6.61 Å². The van der Waals surface area contributed by atoms with Crippen molar-refractivity contribution in [2.45, 2.75) is 19.8 Å². The Kier molecular flexibility index (Phi) is 10.8. The molecule has 0 saturated carbocycles. The first-order chi connectivity index (χ1) is 15.4. The highest BCUT2D eigenvalue weighted by atomic mass is 35.5. The van der Waals surface area contributed by atoms with Gasteiger partial charge >= 0.3 is 5.97 Å². The molecule has 10 heteroatoms. The smallest absolute Gasteiger partial charge is 0.314 e. The van der Waals surface area contributed by atoms with Crippen molar-refractivity contribution in [2.75, 3.05) is 32.8 Å². The molecular weight excluding hydrogens is 497 g/mol. The minimum atomic E-state index is -0.492. The Morgan fingerprint density at radius 3 is 2.27 bits per heavy atom. The average Bonchev–Trinajstić information content (AvgIpc) is 2.75. The molecule has 1 unspecified atom stereocenters. The van der Waals surface area contributed by atoms with Crippen molar-refractivity contribution in [3.8, 4) is 0 Å². The van der Waals surface area contributed by atoms with Crippen LogP contribution in [-0.4, -0.2) is 44.5 Å². The van der Waals surface area contributed by atoms with Gasteiger partial charge in [0.25, 0.3) is 0 Å². The van der Waals surface area contributed by atoms with Gasteiger partial charge in [-0.2, -0.15) is 0 Å². The summed E-state index contributed by atoms with van der Waals surface area (Å²) in [5.74, 6) is -1.24. The van der Waals surface area contributed by atoms with Gasteiger partial charge in [-0.3, -0.25) is 4.79 Å². The SMILES string of the molecule is CCOC(=O)[C@@H]1CCC[NH+](CCON=C(c2ccc(F)cc2Cl)c2ccc(F)cc2Cl)C1.[Cl-]. The van der Waals surface area contributed by atoms with Gasteiger partial charge < -0.3 is 26.9 Å². The minimum Gasteiger partial charge on any atom is -1.00 e. The Hall–Kier alpha value is -1.93. The predicted molar refractivity (Wildman–Crippen MR) is 119 cm³/mol. The number of nitrogens with one attached hydrogen (secondary N) is 1. The van der Waals surface area contributed by atoms with E-state index in [1.54, 1.807) is 6.92 Å². The number of carbonyl (C=O) groups excluding carboxylic acids is 1. The van der Waals surface area contributed by atoms with Crippen molar-refractivity contribution >= 4 is 34.9 Å². The average molecular weight is 522 g/mol. The van der Waals surface area contributed by atoms with E-state index >= 15 is 0 Å². The number of quaternary nitrogens is 1. The second-order valence-corrected chi connectivity index (χ2v) is 8.38. The first-order valence-electron chi connectivity index (χ1n) is 10.5. The fraction of sp³-hybridized carbons (Fsp3) is 0.391. The maximum Gasteiger partial charge on any atom is 0.314 e. The molecule has 3 rings (SSSR count). The van der Waals surface area contributed by atoms with E-state index in [1.165, 1.54) is 29.2 Å². The first-order valence-corrected chi connectivity index (χ1v) is 11.3. The molecule has 0 aromatic heterocycles. The van der Waals surface area contributed by atoms with Crippen molar-refractivity contribution in [3.05, 3.63) is 69.2 Å². The molecule has 0 radical (unpaired) electrons. The molecule has 2 atom stereocenters. The van der Waals surface area contributed by atoms with Crippen LogP contribution in [0.3, 0.4) is 0 Å². The number of oxime groups is 1. The van der Waals surface area contributed by atoms with Crippen molar-refractivity contribution in [1.29, 1.82) is 0 Å². The number of piperidine rings is 1. The lowest BCUT2D eigenvalue weighted by atomic mass is 9.98. The third-order valence-corrected chi connectivity index (χ3v) is 5.94. The Morgan fingerprint density at radius 1 is 1.12 bits per heavy atom. The van der Waals surface area contributed by atoms with Crippen LogP contribution >= 0.6 is 23.2 Å². The number of carbonyl (C=O) groups is 1. The highest BCUT2D eigenvalue weighted by molar-refractivity contribution is 6.38. The molecule has 1 heterocycles. The molecule has 0 spiro atoms. The number of nitrogens with zero attached hydrogens (tertiary/aromatic N) is 1. The van der Waals surface area contributed by atoms with E-state index in [9.17, 15) is 13.6 Å². The van der Waals surface area contributed by atoms with Crippen LogP contribution in [0.5, 0.6) is 0 Å². The van der Waals surface area contributed by atoms with Gasteiger partial charge in [0, 0.05) is 11.1 Å². The first kappa shape index (κ1) is 27.3. The molecule has 2 aromatic carbocycles. The maximum absolute atomic E-state index is 13.5. The number of esters is 1. The maximum atomic E-state index is 13.5. The third-order valence-electron chi connectivity index (χ3n) is 5.31. The van der Waals surface area contributed by atoms with Crippen molar-refractivity contribution < 1.29 is 40.5 Å². The molecule has 1 saturated heterocycles. The zero-order valence-corrected chi connectivity index (χ0v) is 20.3. The molecule has 0 bridgehead atoms. The molecule has 2 aromatic rings. The van der Waals surface area contributed by atoms with Crippen LogP contribution in [0, 0.1) is 17.6 Å². The number of likely N-dealkylation sites (tertiary alicyclic amines) is 1. The van der Waals surface area contributed by atoms with Gasteiger partial charge in [-0.05, 0) is 56.2 Å². The van der Waals surface area contributed by atoms with Gasteiger partial charge in [0.2, 0.25) is 0 Å². The Labute approximate surface area is 208 Å². The topological polar surface area (TPSA) is 52.3 Å². The highest BCUT2D eigenvalue weighted by Gasteiger charge is 2.29. The summed E-state index contributed by atoms with van der Waals surface area (Å²) in [4.78, 5) is 18.8. The number of halogens is 5. The molecule has 1 aliphatic rings. The van der Waals surface area contributed by atoms with E-state index in [1.807, 2.05) is 0 Å². The van der Waals surface area contributed by atoms with Crippen LogP contribution < -0.4 is 17.3 Å². The number of benzene rings is 2. The second-order valence-electron chi connectivity index (χ2n) is 7.57. The lowest BCUT2D eigenvalue weighted by Gasteiger charge is -2.28. The zero-order valence-electron chi connectivity index (χ0n) is 18.1. The van der Waals surface area contributed by atoms with Crippen LogP contribution in [0.15, 0.2) is 41.6 Å². The number of hydrogen-bond donors (Lipinski definition) is 1. The molecule has 1 aliphatic heterocycles. The van der Waals surface area contributed by atoms with Gasteiger partial charge in [-0.15, -0.1) is 0 Å². The van der Waals surface area contributed by atoms with Gasteiger partial charge in [0.1, 0.15) is 29.8 Å². The monoisotopic (exact) mass is 520 g/mol. The van der Waals surface area contributed by atoms with Crippen LogP contribution in [0.4, 0.5) is 8.78 Å². The second kappa shape index (κ2) is 13.1. The van der Waals surface area contributed by atoms with Crippen molar-refractivity contribution in [3.63, 3.8) is 0 Å². The lowest BCUT2D eigenvalue weighted by Crippen LogP contribution is -3.14. The minimum absolute atomic E-state index is 0. The summed E-state index contributed by atoms with van der Waals surface area (Å²) in [5, 5.41) is 4.47. The van der Waals surface area contributed by atoms with Crippen LogP contribution in [0.25, 0.3) is 0 Å². The molecular formula is C23H25Cl3F2N2O3. The number of hydrogen-bond acceptors (Lipinski definition) is 4. The lowest BCUT2D eigenvalue weighted by molar-refractivity contribution is -0.908. The fourth-order valence-corrected chi connectivity index (χ4v) is 4.26. The molecule has 1 fully saturated rings. The van der Waals surface area contributed by atoms with E-state index in [0.29, 0.717) is 30.8 Å². The molecule has 33 heavy (non-hydrogen) atoms. The predicted octanol–water partition coefficient (Wildman–Crippen LogP) is 0.903. The molecule has 0 aliphatic carbocycles. The van der Waals surface area contributed by atoms with E-state index in [-0.39, 0.29) is 46.7 Å². The quantitative estimate of drug-likeness (QED) is 0.243. The largest absolute Gasteiger partial charge is 1.00 e. The normalized spacial score (nSPS) is 17.6. The molecule has 0 amide bonds. The highest BCUT2D eigenvalue weighted by Crippen LogP contribution is 2.26. The van der Waals surface area contributed by atoms with Crippen molar-refractivity contribution in [1.82, 2.24) is 0 Å². The number of rotatable bonds is 8. The Balaban J connectivity index is 0.00000385. The van der Waals surface area contributed by atoms with Crippen LogP contribution in [0.2, 0.25) is 10.0 Å². The molecule has 5 nitrogen and oxygen atoms in total. The third kappa shape index (κ3) is 7.54. The Bertz CT molecular complexity index is 938. The zero-order chi connectivity index (χ0) is 23.1. The summed E-state index contributed by atoms with van der Waals surface area (Å²) < 4.78 is 32.2. The van der Waals surface area contributed by atoms with E-state index < -0.39 is 11.6 Å². The summed E-state index contributed by atoms with van der Waals surface area (Å²) in [5.41, 5.74) is 1.10. The summed E-state index contributed by atoms with van der Waals surface area (Å²) >= 11 is 12.4. The fourth-order valence-electron chi connectivity index (χ4n) is 3.75. The van der Waals surface area contributed by atoms with E-state index in [0.717, 1.165) is 31.5 Å².